The summed E-state index contributed by atoms with van der Waals surface area (Å²) < 4.78 is 17.8. The summed E-state index contributed by atoms with van der Waals surface area (Å²) in [7, 11) is 0. The lowest BCUT2D eigenvalue weighted by atomic mass is 10.1. The van der Waals surface area contributed by atoms with Crippen LogP contribution in [0.5, 0.6) is 0 Å². The third-order valence-electron chi connectivity index (χ3n) is 2.79. The molecular weight excluding hydrogens is 265 g/mol. The quantitative estimate of drug-likeness (QED) is 0.868. The minimum absolute atomic E-state index is 0.132. The van der Waals surface area contributed by atoms with Gasteiger partial charge in [-0.3, -0.25) is 10.1 Å². The Bertz CT molecular complexity index is 608. The van der Waals surface area contributed by atoms with E-state index in [2.05, 4.69) is 15.5 Å². The Hall–Kier alpha value is -2.28. The van der Waals surface area contributed by atoms with Crippen molar-refractivity contribution in [2.24, 2.45) is 0 Å². The molecule has 0 atom stereocenters. The zero-order chi connectivity index (χ0) is 14.8. The van der Waals surface area contributed by atoms with Gasteiger partial charge in [0.05, 0.1) is 6.54 Å². The number of halogens is 1. The maximum Gasteiger partial charge on any atom is 0.323 e. The number of carboxylic acid groups (broad SMARTS) is 1. The summed E-state index contributed by atoms with van der Waals surface area (Å²) in [6, 6.07) is 5.69. The van der Waals surface area contributed by atoms with Crippen molar-refractivity contribution in [3.63, 3.8) is 0 Å². The number of nitrogens with one attached hydrogen (secondary N) is 1. The van der Waals surface area contributed by atoms with Gasteiger partial charge in [-0.2, -0.15) is 4.98 Å². The van der Waals surface area contributed by atoms with E-state index >= 15 is 0 Å². The fraction of sp³-hybridized carbons (Fsp3) is 0.308. The maximum atomic E-state index is 12.8. The van der Waals surface area contributed by atoms with Crippen LogP contribution < -0.4 is 5.32 Å². The van der Waals surface area contributed by atoms with Crippen molar-refractivity contribution in [1.29, 1.82) is 0 Å². The van der Waals surface area contributed by atoms with E-state index in [9.17, 15) is 9.18 Å². The standard InChI is InChI=1S/C13H14FN3O3/c1-13(2,12(18)19)15-7-10-16-11(17-20-10)8-3-5-9(14)6-4-8/h3-6,15H,7H2,1-2H3,(H,18,19). The number of carboxylic acids is 1. The number of carbonyl (C=O) groups is 1. The second-order valence-corrected chi connectivity index (χ2v) is 4.80. The van der Waals surface area contributed by atoms with Gasteiger partial charge in [-0.15, -0.1) is 0 Å². The Balaban J connectivity index is 2.06. The van der Waals surface area contributed by atoms with Crippen molar-refractivity contribution < 1.29 is 18.8 Å². The van der Waals surface area contributed by atoms with E-state index in [1.54, 1.807) is 12.1 Å². The van der Waals surface area contributed by atoms with E-state index in [1.807, 2.05) is 0 Å². The molecule has 0 amide bonds. The minimum atomic E-state index is -1.09. The molecule has 0 saturated carbocycles. The molecule has 0 aliphatic heterocycles. The third-order valence-corrected chi connectivity index (χ3v) is 2.79. The zero-order valence-electron chi connectivity index (χ0n) is 11.1. The second kappa shape index (κ2) is 5.38. The Morgan fingerprint density at radius 1 is 1.40 bits per heavy atom. The fourth-order valence-corrected chi connectivity index (χ4v) is 1.42. The first-order valence-electron chi connectivity index (χ1n) is 5.95. The molecule has 2 aromatic rings. The van der Waals surface area contributed by atoms with Crippen molar-refractivity contribution in [3.8, 4) is 11.4 Å². The largest absolute Gasteiger partial charge is 0.480 e. The molecule has 1 aromatic carbocycles. The summed E-state index contributed by atoms with van der Waals surface area (Å²) in [5.74, 6) is -0.730. The van der Waals surface area contributed by atoms with Gasteiger partial charge >= 0.3 is 5.97 Å². The lowest BCUT2D eigenvalue weighted by Crippen LogP contribution is -2.46. The number of aromatic nitrogens is 2. The Labute approximate surface area is 114 Å². The van der Waals surface area contributed by atoms with E-state index in [-0.39, 0.29) is 18.3 Å². The number of aliphatic carboxylic acids is 1. The molecule has 1 heterocycles. The third kappa shape index (κ3) is 3.18. The van der Waals surface area contributed by atoms with Gasteiger partial charge in [-0.25, -0.2) is 4.39 Å². The maximum absolute atomic E-state index is 12.8. The van der Waals surface area contributed by atoms with Gasteiger partial charge in [0.25, 0.3) is 0 Å². The van der Waals surface area contributed by atoms with Crippen LogP contribution in [0, 0.1) is 5.82 Å². The molecule has 0 radical (unpaired) electrons. The average molecular weight is 279 g/mol. The van der Waals surface area contributed by atoms with Gasteiger partial charge in [-0.1, -0.05) is 5.16 Å². The molecule has 0 fully saturated rings. The highest BCUT2D eigenvalue weighted by atomic mass is 19.1. The van der Waals surface area contributed by atoms with E-state index in [0.29, 0.717) is 11.4 Å². The van der Waals surface area contributed by atoms with Gasteiger partial charge in [-0.05, 0) is 38.1 Å². The van der Waals surface area contributed by atoms with Crippen LogP contribution in [0.15, 0.2) is 28.8 Å². The summed E-state index contributed by atoms with van der Waals surface area (Å²) in [6.07, 6.45) is 0. The molecule has 0 aliphatic rings. The lowest BCUT2D eigenvalue weighted by molar-refractivity contribution is -0.143. The summed E-state index contributed by atoms with van der Waals surface area (Å²) in [5.41, 5.74) is -0.469. The van der Waals surface area contributed by atoms with E-state index in [1.165, 1.54) is 26.0 Å². The first-order chi connectivity index (χ1) is 9.38. The van der Waals surface area contributed by atoms with E-state index in [0.717, 1.165) is 0 Å². The Morgan fingerprint density at radius 2 is 2.05 bits per heavy atom. The van der Waals surface area contributed by atoms with Crippen LogP contribution in [0.1, 0.15) is 19.7 Å². The van der Waals surface area contributed by atoms with Crippen molar-refractivity contribution in [2.45, 2.75) is 25.9 Å². The number of rotatable bonds is 5. The summed E-state index contributed by atoms with van der Waals surface area (Å²) in [4.78, 5) is 15.1. The van der Waals surface area contributed by atoms with Crippen LogP contribution in [-0.2, 0) is 11.3 Å². The molecule has 2 N–H and O–H groups in total. The second-order valence-electron chi connectivity index (χ2n) is 4.80. The number of benzene rings is 1. The van der Waals surface area contributed by atoms with Crippen molar-refractivity contribution in [1.82, 2.24) is 15.5 Å². The van der Waals surface area contributed by atoms with Crippen LogP contribution in [-0.4, -0.2) is 26.8 Å². The highest BCUT2D eigenvalue weighted by molar-refractivity contribution is 5.77. The average Bonchev–Trinajstić information content (AvgIpc) is 2.86. The minimum Gasteiger partial charge on any atom is -0.480 e. The smallest absolute Gasteiger partial charge is 0.323 e. The van der Waals surface area contributed by atoms with Gasteiger partial charge in [0.15, 0.2) is 0 Å². The normalized spacial score (nSPS) is 11.6. The molecule has 0 unspecified atom stereocenters. The zero-order valence-corrected chi connectivity index (χ0v) is 11.1. The molecule has 0 bridgehead atoms. The summed E-state index contributed by atoms with van der Waals surface area (Å²) in [6.45, 7) is 3.20. The lowest BCUT2D eigenvalue weighted by Gasteiger charge is -2.19. The van der Waals surface area contributed by atoms with Gasteiger partial charge < -0.3 is 9.63 Å². The monoisotopic (exact) mass is 279 g/mol. The molecule has 6 nitrogen and oxygen atoms in total. The predicted octanol–water partition coefficient (Wildman–Crippen LogP) is 1.83. The van der Waals surface area contributed by atoms with Crippen LogP contribution in [0.25, 0.3) is 11.4 Å². The van der Waals surface area contributed by atoms with Crippen molar-refractivity contribution >= 4 is 5.97 Å². The highest BCUT2D eigenvalue weighted by Gasteiger charge is 2.26. The molecule has 7 heteroatoms. The molecule has 0 aliphatic carbocycles. The van der Waals surface area contributed by atoms with Crippen LogP contribution >= 0.6 is 0 Å². The number of hydrogen-bond acceptors (Lipinski definition) is 5. The Morgan fingerprint density at radius 3 is 2.65 bits per heavy atom. The molecular formula is C13H14FN3O3. The van der Waals surface area contributed by atoms with Crippen LogP contribution in [0.3, 0.4) is 0 Å². The van der Waals surface area contributed by atoms with E-state index in [4.69, 9.17) is 9.63 Å². The molecule has 20 heavy (non-hydrogen) atoms. The topological polar surface area (TPSA) is 88.3 Å². The van der Waals surface area contributed by atoms with Crippen molar-refractivity contribution in [2.75, 3.05) is 0 Å². The summed E-state index contributed by atoms with van der Waals surface area (Å²) >= 11 is 0. The SMILES string of the molecule is CC(C)(NCc1nc(-c2ccc(F)cc2)no1)C(=O)O. The molecule has 2 rings (SSSR count). The Kier molecular flexibility index (Phi) is 3.80. The molecule has 106 valence electrons. The van der Waals surface area contributed by atoms with Gasteiger partial charge in [0, 0.05) is 5.56 Å². The van der Waals surface area contributed by atoms with E-state index < -0.39 is 11.5 Å². The molecule has 0 saturated heterocycles. The molecule has 0 spiro atoms. The first kappa shape index (κ1) is 14.1. The fourth-order valence-electron chi connectivity index (χ4n) is 1.42. The van der Waals surface area contributed by atoms with Gasteiger partial charge in [0.2, 0.25) is 11.7 Å². The van der Waals surface area contributed by atoms with Crippen LogP contribution in [0.4, 0.5) is 4.39 Å². The molecule has 1 aromatic heterocycles. The highest BCUT2D eigenvalue weighted by Crippen LogP contribution is 2.16. The number of nitrogens with zero attached hydrogens (tertiary/aromatic N) is 2. The predicted molar refractivity (Wildman–Crippen MR) is 68.2 cm³/mol. The van der Waals surface area contributed by atoms with Crippen LogP contribution in [0.2, 0.25) is 0 Å². The van der Waals surface area contributed by atoms with Crippen molar-refractivity contribution in [3.05, 3.63) is 36.0 Å². The first-order valence-corrected chi connectivity index (χ1v) is 5.95. The summed E-state index contributed by atoms with van der Waals surface area (Å²) in [5, 5.41) is 15.5. The van der Waals surface area contributed by atoms with Gasteiger partial charge in [0.1, 0.15) is 11.4 Å². The number of hydrogen-bond donors (Lipinski definition) is 2.